The minimum atomic E-state index is -1.24. The van der Waals surface area contributed by atoms with E-state index in [0.29, 0.717) is 5.69 Å². The van der Waals surface area contributed by atoms with Gasteiger partial charge in [0.15, 0.2) is 11.8 Å². The van der Waals surface area contributed by atoms with Crippen molar-refractivity contribution in [3.63, 3.8) is 0 Å². The summed E-state index contributed by atoms with van der Waals surface area (Å²) in [4.78, 5) is 63.9. The van der Waals surface area contributed by atoms with Gasteiger partial charge in [0.05, 0.1) is 12.3 Å². The third kappa shape index (κ3) is 7.69. The highest BCUT2D eigenvalue weighted by Gasteiger charge is 2.32. The molecule has 0 bridgehead atoms. The molecule has 2 atom stereocenters. The number of aliphatic carboxylic acids is 2. The number of hydrogen-bond acceptors (Lipinski definition) is 8. The molecule has 1 aromatic heterocycles. The van der Waals surface area contributed by atoms with Crippen LogP contribution >= 0.6 is 0 Å². The Morgan fingerprint density at radius 2 is 1.67 bits per heavy atom. The van der Waals surface area contributed by atoms with Gasteiger partial charge < -0.3 is 34.8 Å². The van der Waals surface area contributed by atoms with Gasteiger partial charge in [0.25, 0.3) is 5.91 Å². The second kappa shape index (κ2) is 13.3. The van der Waals surface area contributed by atoms with Gasteiger partial charge >= 0.3 is 18.0 Å². The zero-order valence-corrected chi connectivity index (χ0v) is 21.6. The summed E-state index contributed by atoms with van der Waals surface area (Å²) in [6, 6.07) is 8.66. The molecule has 0 spiro atoms. The molecule has 2 heterocycles. The van der Waals surface area contributed by atoms with Gasteiger partial charge in [-0.25, -0.2) is 14.3 Å². The predicted octanol–water partition coefficient (Wildman–Crippen LogP) is 0.988. The van der Waals surface area contributed by atoms with Crippen molar-refractivity contribution in [1.82, 2.24) is 24.9 Å². The number of carboxylic acids is 2. The van der Waals surface area contributed by atoms with Gasteiger partial charge in [0.2, 0.25) is 11.8 Å². The van der Waals surface area contributed by atoms with Gasteiger partial charge in [-0.3, -0.25) is 14.4 Å². The quantitative estimate of drug-likeness (QED) is 0.368. The van der Waals surface area contributed by atoms with E-state index in [9.17, 15) is 34.2 Å². The van der Waals surface area contributed by atoms with Gasteiger partial charge in [-0.1, -0.05) is 18.2 Å². The monoisotopic (exact) mass is 545 g/mol. The standard InChI is InChI=1S/C25H31N5O9/c1-3-38-25(37)29-13-11-28(12-14-29)23(34)18(9-10-21(31)32)26-22(33)19-15-20(39-16(2)24(35)36)30(27-19)17-7-5-4-6-8-17/h4-8,15-16,18H,3,9-14H2,1-2H3,(H,26,33)(H,31,32)(H,35,36)/t16-,18?/m0/s1. The van der Waals surface area contributed by atoms with Crippen LogP contribution in [0.3, 0.4) is 0 Å². The van der Waals surface area contributed by atoms with Gasteiger partial charge in [-0.05, 0) is 32.4 Å². The number of carboxylic acid groups (broad SMARTS) is 2. The molecule has 1 aliphatic heterocycles. The van der Waals surface area contributed by atoms with E-state index in [0.717, 1.165) is 0 Å². The summed E-state index contributed by atoms with van der Waals surface area (Å²) >= 11 is 0. The Labute approximate surface area is 224 Å². The van der Waals surface area contributed by atoms with Crippen LogP contribution in [0.1, 0.15) is 37.2 Å². The number of para-hydroxylation sites is 1. The molecule has 1 fully saturated rings. The lowest BCUT2D eigenvalue weighted by Gasteiger charge is -2.35. The highest BCUT2D eigenvalue weighted by molar-refractivity contribution is 5.96. The maximum Gasteiger partial charge on any atom is 0.409 e. The minimum absolute atomic E-state index is 0.00949. The maximum atomic E-state index is 13.3. The van der Waals surface area contributed by atoms with E-state index in [1.54, 1.807) is 37.3 Å². The molecule has 1 aromatic carbocycles. The van der Waals surface area contributed by atoms with E-state index in [-0.39, 0.29) is 57.2 Å². The van der Waals surface area contributed by atoms with Crippen molar-refractivity contribution in [2.75, 3.05) is 32.8 Å². The smallest absolute Gasteiger partial charge is 0.409 e. The summed E-state index contributed by atoms with van der Waals surface area (Å²) in [6.07, 6.45) is -2.26. The lowest BCUT2D eigenvalue weighted by molar-refractivity contribution is -0.144. The Kier molecular flexibility index (Phi) is 9.84. The molecule has 0 aliphatic carbocycles. The Morgan fingerprint density at radius 1 is 1.03 bits per heavy atom. The van der Waals surface area contributed by atoms with Gasteiger partial charge in [-0.2, -0.15) is 5.10 Å². The number of rotatable bonds is 11. The number of benzene rings is 1. The van der Waals surface area contributed by atoms with Crippen LogP contribution in [0.4, 0.5) is 4.79 Å². The first-order valence-electron chi connectivity index (χ1n) is 12.4. The summed E-state index contributed by atoms with van der Waals surface area (Å²) in [5.41, 5.74) is 0.341. The van der Waals surface area contributed by atoms with Crippen LogP contribution in [0.2, 0.25) is 0 Å². The third-order valence-electron chi connectivity index (χ3n) is 5.92. The second-order valence-corrected chi connectivity index (χ2v) is 8.68. The molecule has 1 saturated heterocycles. The number of piperazine rings is 1. The first-order valence-corrected chi connectivity index (χ1v) is 12.4. The normalized spacial score (nSPS) is 14.7. The number of carbonyl (C=O) groups is 5. The number of aromatic nitrogens is 2. The van der Waals surface area contributed by atoms with Crippen molar-refractivity contribution in [2.45, 2.75) is 38.8 Å². The van der Waals surface area contributed by atoms with Crippen LogP contribution in [-0.4, -0.2) is 105 Å². The lowest BCUT2D eigenvalue weighted by Crippen LogP contribution is -2.56. The number of amides is 3. The summed E-state index contributed by atoms with van der Waals surface area (Å²) in [5.74, 6) is -3.63. The molecule has 2 aromatic rings. The van der Waals surface area contributed by atoms with E-state index < -0.39 is 42.0 Å². The lowest BCUT2D eigenvalue weighted by atomic mass is 10.1. The molecular weight excluding hydrogens is 514 g/mol. The SMILES string of the molecule is CCOC(=O)N1CCN(C(=O)C(CCC(=O)O)NC(=O)c2cc(O[C@@H](C)C(=O)O)n(-c3ccccc3)n2)CC1. The summed E-state index contributed by atoms with van der Waals surface area (Å²) in [6.45, 7) is 4.08. The number of ether oxygens (including phenoxy) is 2. The van der Waals surface area contributed by atoms with Crippen molar-refractivity contribution < 1.29 is 43.7 Å². The summed E-state index contributed by atoms with van der Waals surface area (Å²) in [7, 11) is 0. The van der Waals surface area contributed by atoms with Gasteiger partial charge in [-0.15, -0.1) is 0 Å². The molecule has 3 rings (SSSR count). The fraction of sp³-hybridized carbons (Fsp3) is 0.440. The van der Waals surface area contributed by atoms with E-state index in [4.69, 9.17) is 9.47 Å². The number of nitrogens with zero attached hydrogens (tertiary/aromatic N) is 4. The zero-order valence-electron chi connectivity index (χ0n) is 21.6. The molecule has 1 aliphatic rings. The number of carbonyl (C=O) groups excluding carboxylic acids is 3. The first kappa shape index (κ1) is 28.9. The minimum Gasteiger partial charge on any atom is -0.481 e. The van der Waals surface area contributed by atoms with E-state index in [2.05, 4.69) is 10.4 Å². The van der Waals surface area contributed by atoms with Crippen LogP contribution in [0.5, 0.6) is 5.88 Å². The van der Waals surface area contributed by atoms with E-state index in [1.807, 2.05) is 0 Å². The van der Waals surface area contributed by atoms with Crippen LogP contribution in [-0.2, 0) is 19.1 Å². The number of nitrogens with one attached hydrogen (secondary N) is 1. The molecule has 210 valence electrons. The topological polar surface area (TPSA) is 181 Å². The van der Waals surface area contributed by atoms with Gasteiger partial charge in [0, 0.05) is 38.7 Å². The molecule has 3 N–H and O–H groups in total. The Hall–Kier alpha value is -4.62. The van der Waals surface area contributed by atoms with Crippen molar-refractivity contribution in [2.24, 2.45) is 0 Å². The molecule has 14 heteroatoms. The Balaban J connectivity index is 1.79. The van der Waals surface area contributed by atoms with Crippen LogP contribution in [0.15, 0.2) is 36.4 Å². The molecule has 0 saturated carbocycles. The summed E-state index contributed by atoms with van der Waals surface area (Å²) in [5, 5.41) is 25.2. The fourth-order valence-electron chi connectivity index (χ4n) is 3.85. The Morgan fingerprint density at radius 3 is 2.26 bits per heavy atom. The predicted molar refractivity (Wildman–Crippen MR) is 135 cm³/mol. The molecule has 14 nitrogen and oxygen atoms in total. The largest absolute Gasteiger partial charge is 0.481 e. The molecule has 3 amide bonds. The van der Waals surface area contributed by atoms with Crippen molar-refractivity contribution >= 4 is 29.8 Å². The van der Waals surface area contributed by atoms with Crippen molar-refractivity contribution in [3.05, 3.63) is 42.1 Å². The number of hydrogen-bond donors (Lipinski definition) is 3. The molecular formula is C25H31N5O9. The molecule has 39 heavy (non-hydrogen) atoms. The molecule has 1 unspecified atom stereocenters. The van der Waals surface area contributed by atoms with Gasteiger partial charge in [0.1, 0.15) is 6.04 Å². The van der Waals surface area contributed by atoms with Crippen molar-refractivity contribution in [3.8, 4) is 11.6 Å². The maximum absolute atomic E-state index is 13.3. The van der Waals surface area contributed by atoms with Crippen molar-refractivity contribution in [1.29, 1.82) is 0 Å². The average Bonchev–Trinajstić information content (AvgIpc) is 3.35. The summed E-state index contributed by atoms with van der Waals surface area (Å²) < 4.78 is 11.7. The van der Waals surface area contributed by atoms with E-state index in [1.165, 1.54) is 27.5 Å². The highest BCUT2D eigenvalue weighted by atomic mass is 16.6. The second-order valence-electron chi connectivity index (χ2n) is 8.68. The first-order chi connectivity index (χ1) is 18.6. The average molecular weight is 546 g/mol. The third-order valence-corrected chi connectivity index (χ3v) is 5.92. The molecule has 0 radical (unpaired) electrons. The highest BCUT2D eigenvalue weighted by Crippen LogP contribution is 2.21. The van der Waals surface area contributed by atoms with E-state index >= 15 is 0 Å². The van der Waals surface area contributed by atoms with Crippen LogP contribution in [0.25, 0.3) is 5.69 Å². The fourth-order valence-corrected chi connectivity index (χ4v) is 3.85. The zero-order chi connectivity index (χ0) is 28.5. The Bertz CT molecular complexity index is 1190. The van der Waals surface area contributed by atoms with Crippen LogP contribution < -0.4 is 10.1 Å². The van der Waals surface area contributed by atoms with Crippen LogP contribution in [0, 0.1) is 0 Å².